The maximum absolute atomic E-state index is 5.84. The fourth-order valence-corrected chi connectivity index (χ4v) is 1.48. The van der Waals surface area contributed by atoms with Crippen LogP contribution in [-0.4, -0.2) is 38.6 Å². The smallest absolute Gasteiger partial charge is 0.321 e. The minimum Gasteiger partial charge on any atom is -0.479 e. The summed E-state index contributed by atoms with van der Waals surface area (Å²) in [6.07, 6.45) is 3.87. The molecule has 0 radical (unpaired) electrons. The first-order valence-electron chi connectivity index (χ1n) is 5.64. The van der Waals surface area contributed by atoms with Gasteiger partial charge in [-0.3, -0.25) is 0 Å². The van der Waals surface area contributed by atoms with Crippen molar-refractivity contribution in [1.82, 2.24) is 24.9 Å². The Bertz CT molecular complexity index is 567. The van der Waals surface area contributed by atoms with E-state index in [1.54, 1.807) is 0 Å². The number of hydrogen-bond acceptors (Lipinski definition) is 7. The van der Waals surface area contributed by atoms with Gasteiger partial charge in [0.05, 0.1) is 13.7 Å². The van der Waals surface area contributed by atoms with E-state index >= 15 is 0 Å². The second-order valence-electron chi connectivity index (χ2n) is 3.47. The molecule has 0 aromatic carbocycles. The van der Waals surface area contributed by atoms with Gasteiger partial charge >= 0.3 is 6.01 Å². The van der Waals surface area contributed by atoms with Crippen LogP contribution in [0.1, 0.15) is 13.3 Å². The molecule has 7 nitrogen and oxygen atoms in total. The van der Waals surface area contributed by atoms with E-state index in [0.29, 0.717) is 18.2 Å². The van der Waals surface area contributed by atoms with E-state index < -0.39 is 0 Å². The molecular formula is C11H12ClN5O2. The molecule has 0 N–H and O–H groups in total. The molecule has 0 aliphatic rings. The van der Waals surface area contributed by atoms with Gasteiger partial charge in [-0.1, -0.05) is 6.92 Å². The summed E-state index contributed by atoms with van der Waals surface area (Å²) in [6, 6.07) is 0.157. The maximum atomic E-state index is 5.84. The van der Waals surface area contributed by atoms with Crippen molar-refractivity contribution in [1.29, 1.82) is 0 Å². The molecular weight excluding hydrogens is 270 g/mol. The van der Waals surface area contributed by atoms with Gasteiger partial charge in [0.15, 0.2) is 11.5 Å². The van der Waals surface area contributed by atoms with Crippen LogP contribution >= 0.6 is 11.6 Å². The monoisotopic (exact) mass is 281 g/mol. The molecule has 0 saturated carbocycles. The minimum atomic E-state index is 0.0313. The predicted octanol–water partition coefficient (Wildman–Crippen LogP) is 1.78. The van der Waals surface area contributed by atoms with Crippen LogP contribution in [0.5, 0.6) is 11.9 Å². The highest BCUT2D eigenvalue weighted by atomic mass is 35.5. The van der Waals surface area contributed by atoms with Gasteiger partial charge in [-0.25, -0.2) is 9.97 Å². The van der Waals surface area contributed by atoms with Gasteiger partial charge in [0, 0.05) is 12.4 Å². The first-order chi connectivity index (χ1) is 9.24. The van der Waals surface area contributed by atoms with Gasteiger partial charge in [-0.15, -0.1) is 0 Å². The largest absolute Gasteiger partial charge is 0.479 e. The Morgan fingerprint density at radius 3 is 2.68 bits per heavy atom. The standard InChI is InChI=1S/C11H12ClN5O2/c1-3-6-19-11-16-8(15-10(12)17-11)7-9(18-2)14-5-4-13-7/h4-5H,3,6H2,1-2H3. The molecule has 0 aliphatic carbocycles. The SMILES string of the molecule is CCCOc1nc(Cl)nc(-c2nccnc2OC)n1. The zero-order valence-corrected chi connectivity index (χ0v) is 11.3. The number of aromatic nitrogens is 5. The molecule has 0 saturated heterocycles. The third-order valence-electron chi connectivity index (χ3n) is 2.09. The Labute approximate surface area is 115 Å². The van der Waals surface area contributed by atoms with Crippen molar-refractivity contribution in [2.24, 2.45) is 0 Å². The number of rotatable bonds is 5. The lowest BCUT2D eigenvalue weighted by Crippen LogP contribution is -2.04. The lowest BCUT2D eigenvalue weighted by atomic mass is 10.4. The lowest BCUT2D eigenvalue weighted by Gasteiger charge is -2.06. The molecule has 2 aromatic rings. The van der Waals surface area contributed by atoms with Gasteiger partial charge in [0.1, 0.15) is 0 Å². The third-order valence-corrected chi connectivity index (χ3v) is 2.26. The second-order valence-corrected chi connectivity index (χ2v) is 3.81. The topological polar surface area (TPSA) is 82.9 Å². The normalized spacial score (nSPS) is 10.3. The Hall–Kier alpha value is -2.02. The molecule has 0 unspecified atom stereocenters. The Morgan fingerprint density at radius 1 is 1.16 bits per heavy atom. The molecule has 0 bridgehead atoms. The molecule has 100 valence electrons. The fourth-order valence-electron chi connectivity index (χ4n) is 1.32. The van der Waals surface area contributed by atoms with Crippen LogP contribution in [0.15, 0.2) is 12.4 Å². The van der Waals surface area contributed by atoms with Crippen LogP contribution < -0.4 is 9.47 Å². The molecule has 0 spiro atoms. The molecule has 8 heteroatoms. The van der Waals surface area contributed by atoms with Crippen LogP contribution in [0, 0.1) is 0 Å². The summed E-state index contributed by atoms with van der Waals surface area (Å²) < 4.78 is 10.4. The van der Waals surface area contributed by atoms with Gasteiger partial charge in [-0.2, -0.15) is 15.0 Å². The van der Waals surface area contributed by atoms with E-state index in [9.17, 15) is 0 Å². The molecule has 0 aliphatic heterocycles. The molecule has 19 heavy (non-hydrogen) atoms. The highest BCUT2D eigenvalue weighted by molar-refractivity contribution is 6.28. The van der Waals surface area contributed by atoms with Crippen LogP contribution in [0.4, 0.5) is 0 Å². The van der Waals surface area contributed by atoms with E-state index in [2.05, 4.69) is 24.9 Å². The Balaban J connectivity index is 2.41. The number of ether oxygens (including phenoxy) is 2. The van der Waals surface area contributed by atoms with Crippen molar-refractivity contribution in [3.05, 3.63) is 17.7 Å². The van der Waals surface area contributed by atoms with Crippen molar-refractivity contribution in [3.8, 4) is 23.4 Å². The van der Waals surface area contributed by atoms with E-state index in [1.807, 2.05) is 6.92 Å². The quantitative estimate of drug-likeness (QED) is 0.826. The number of nitrogens with zero attached hydrogens (tertiary/aromatic N) is 5. The lowest BCUT2D eigenvalue weighted by molar-refractivity contribution is 0.291. The summed E-state index contributed by atoms with van der Waals surface area (Å²) in [5.74, 6) is 0.572. The van der Waals surface area contributed by atoms with Crippen molar-refractivity contribution < 1.29 is 9.47 Å². The van der Waals surface area contributed by atoms with Crippen molar-refractivity contribution in [2.45, 2.75) is 13.3 Å². The maximum Gasteiger partial charge on any atom is 0.321 e. The summed E-state index contributed by atoms with van der Waals surface area (Å²) >= 11 is 5.84. The van der Waals surface area contributed by atoms with Gasteiger partial charge in [0.2, 0.25) is 11.2 Å². The van der Waals surface area contributed by atoms with Gasteiger partial charge in [0.25, 0.3) is 0 Å². The van der Waals surface area contributed by atoms with Crippen LogP contribution in [-0.2, 0) is 0 Å². The molecule has 0 fully saturated rings. The average molecular weight is 282 g/mol. The summed E-state index contributed by atoms with van der Waals surface area (Å²) in [6.45, 7) is 2.48. The Kier molecular flexibility index (Phi) is 4.40. The van der Waals surface area contributed by atoms with E-state index in [-0.39, 0.29) is 17.1 Å². The molecule has 2 heterocycles. The van der Waals surface area contributed by atoms with E-state index in [4.69, 9.17) is 21.1 Å². The average Bonchev–Trinajstić information content (AvgIpc) is 2.44. The molecule has 2 aromatic heterocycles. The predicted molar refractivity (Wildman–Crippen MR) is 68.2 cm³/mol. The van der Waals surface area contributed by atoms with Gasteiger partial charge in [-0.05, 0) is 18.0 Å². The van der Waals surface area contributed by atoms with Crippen molar-refractivity contribution in [2.75, 3.05) is 13.7 Å². The van der Waals surface area contributed by atoms with E-state index in [1.165, 1.54) is 19.5 Å². The number of methoxy groups -OCH3 is 1. The summed E-state index contributed by atoms with van der Waals surface area (Å²) in [4.78, 5) is 20.2. The number of halogens is 1. The first-order valence-corrected chi connectivity index (χ1v) is 6.02. The minimum absolute atomic E-state index is 0.0313. The van der Waals surface area contributed by atoms with E-state index in [0.717, 1.165) is 6.42 Å². The summed E-state index contributed by atoms with van der Waals surface area (Å²) in [7, 11) is 1.49. The van der Waals surface area contributed by atoms with Gasteiger partial charge < -0.3 is 9.47 Å². The van der Waals surface area contributed by atoms with Crippen molar-refractivity contribution >= 4 is 11.6 Å². The van der Waals surface area contributed by atoms with Crippen LogP contribution in [0.25, 0.3) is 11.5 Å². The third kappa shape index (κ3) is 3.25. The second kappa shape index (κ2) is 6.24. The summed E-state index contributed by atoms with van der Waals surface area (Å²) in [5.41, 5.74) is 0.385. The number of hydrogen-bond donors (Lipinski definition) is 0. The molecule has 0 atom stereocenters. The Morgan fingerprint density at radius 2 is 1.95 bits per heavy atom. The van der Waals surface area contributed by atoms with Crippen molar-refractivity contribution in [3.63, 3.8) is 0 Å². The van der Waals surface area contributed by atoms with Crippen LogP contribution in [0.2, 0.25) is 5.28 Å². The molecule has 0 amide bonds. The van der Waals surface area contributed by atoms with Crippen LogP contribution in [0.3, 0.4) is 0 Å². The molecule has 2 rings (SSSR count). The first kappa shape index (κ1) is 13.4. The highest BCUT2D eigenvalue weighted by Gasteiger charge is 2.14. The highest BCUT2D eigenvalue weighted by Crippen LogP contribution is 2.23. The summed E-state index contributed by atoms with van der Waals surface area (Å²) in [5, 5.41) is 0.0313. The fraction of sp³-hybridized carbons (Fsp3) is 0.364. The zero-order valence-electron chi connectivity index (χ0n) is 10.5. The zero-order chi connectivity index (χ0) is 13.7.